The van der Waals surface area contributed by atoms with Gasteiger partial charge in [-0.25, -0.2) is 0 Å². The smallest absolute Gasteiger partial charge is 0.335 e. The third-order valence-electron chi connectivity index (χ3n) is 2.91. The van der Waals surface area contributed by atoms with E-state index in [1.165, 1.54) is 0 Å². The van der Waals surface area contributed by atoms with Crippen LogP contribution in [0.3, 0.4) is 0 Å². The van der Waals surface area contributed by atoms with Gasteiger partial charge < -0.3 is 13.4 Å². The van der Waals surface area contributed by atoms with E-state index in [1.807, 2.05) is 0 Å². The van der Waals surface area contributed by atoms with Gasteiger partial charge in [-0.15, -0.1) is 0 Å². The Kier molecular flexibility index (Phi) is 5.53. The predicted octanol–water partition coefficient (Wildman–Crippen LogP) is 2.12. The maximum absolute atomic E-state index is 5.46. The van der Waals surface area contributed by atoms with E-state index in [9.17, 15) is 0 Å². The van der Waals surface area contributed by atoms with E-state index in [2.05, 4.69) is 37.8 Å². The minimum absolute atomic E-state index is 1.04. The standard InChI is InChI=1S/C9H25NO2Si2/c1-10(13(4,5)6)8-9-14(7,11-2)12-3/h8-9H2,1-7H3. The van der Waals surface area contributed by atoms with E-state index in [1.54, 1.807) is 14.2 Å². The monoisotopic (exact) mass is 235 g/mol. The fourth-order valence-electron chi connectivity index (χ4n) is 0.994. The van der Waals surface area contributed by atoms with Gasteiger partial charge in [0.15, 0.2) is 0 Å². The Morgan fingerprint density at radius 1 is 1.00 bits per heavy atom. The van der Waals surface area contributed by atoms with Crippen molar-refractivity contribution in [3.05, 3.63) is 0 Å². The summed E-state index contributed by atoms with van der Waals surface area (Å²) in [5.74, 6) is 0. The van der Waals surface area contributed by atoms with Crippen molar-refractivity contribution in [1.82, 2.24) is 4.57 Å². The van der Waals surface area contributed by atoms with Gasteiger partial charge in [-0.2, -0.15) is 0 Å². The van der Waals surface area contributed by atoms with Crippen LogP contribution in [0.5, 0.6) is 0 Å². The molecule has 0 atom stereocenters. The highest BCUT2D eigenvalue weighted by Gasteiger charge is 2.30. The molecule has 3 nitrogen and oxygen atoms in total. The number of hydrogen-bond acceptors (Lipinski definition) is 3. The van der Waals surface area contributed by atoms with E-state index in [0.29, 0.717) is 0 Å². The van der Waals surface area contributed by atoms with Gasteiger partial charge in [0.25, 0.3) is 0 Å². The molecule has 0 spiro atoms. The first-order valence-electron chi connectivity index (χ1n) is 5.07. The Hall–Kier alpha value is 0.314. The van der Waals surface area contributed by atoms with Crippen molar-refractivity contribution in [3.63, 3.8) is 0 Å². The van der Waals surface area contributed by atoms with Crippen LogP contribution >= 0.6 is 0 Å². The van der Waals surface area contributed by atoms with Crippen LogP contribution in [0.25, 0.3) is 0 Å². The Labute approximate surface area is 90.7 Å². The molecule has 0 N–H and O–H groups in total. The maximum atomic E-state index is 5.46. The zero-order valence-corrected chi connectivity index (χ0v) is 12.7. The van der Waals surface area contributed by atoms with Crippen molar-refractivity contribution in [2.24, 2.45) is 0 Å². The summed E-state index contributed by atoms with van der Waals surface area (Å²) in [7, 11) is 2.71. The average Bonchev–Trinajstić information content (AvgIpc) is 2.12. The van der Waals surface area contributed by atoms with E-state index in [0.717, 1.165) is 12.6 Å². The molecule has 5 heteroatoms. The second-order valence-electron chi connectivity index (χ2n) is 4.88. The lowest BCUT2D eigenvalue weighted by Crippen LogP contribution is -2.47. The zero-order chi connectivity index (χ0) is 11.4. The van der Waals surface area contributed by atoms with Crippen LogP contribution in [0.1, 0.15) is 0 Å². The minimum Gasteiger partial charge on any atom is -0.398 e. The van der Waals surface area contributed by atoms with E-state index < -0.39 is 16.8 Å². The van der Waals surface area contributed by atoms with Crippen LogP contribution in [-0.4, -0.2) is 49.2 Å². The number of nitrogens with zero attached hydrogens (tertiary/aromatic N) is 1. The summed E-state index contributed by atoms with van der Waals surface area (Å²) in [5.41, 5.74) is 0. The molecule has 0 unspecified atom stereocenters. The third kappa shape index (κ3) is 4.70. The Morgan fingerprint density at radius 3 is 1.71 bits per heavy atom. The molecule has 0 aliphatic heterocycles. The fourth-order valence-corrected chi connectivity index (χ4v) is 3.32. The molecule has 0 saturated carbocycles. The van der Waals surface area contributed by atoms with E-state index in [-0.39, 0.29) is 0 Å². The van der Waals surface area contributed by atoms with Crippen LogP contribution < -0.4 is 0 Å². The predicted molar refractivity (Wildman–Crippen MR) is 66.4 cm³/mol. The summed E-state index contributed by atoms with van der Waals surface area (Å²) in [5, 5.41) is 0. The zero-order valence-electron chi connectivity index (χ0n) is 10.7. The van der Waals surface area contributed by atoms with Gasteiger partial charge in [-0.05, 0) is 20.1 Å². The van der Waals surface area contributed by atoms with Gasteiger partial charge >= 0.3 is 8.56 Å². The molecule has 0 bridgehead atoms. The highest BCUT2D eigenvalue weighted by Crippen LogP contribution is 2.14. The first-order valence-corrected chi connectivity index (χ1v) is 11.0. The van der Waals surface area contributed by atoms with Gasteiger partial charge in [0.05, 0.1) is 0 Å². The molecule has 0 radical (unpaired) electrons. The maximum Gasteiger partial charge on any atom is 0.335 e. The average molecular weight is 235 g/mol. The van der Waals surface area contributed by atoms with Crippen LogP contribution in [0.4, 0.5) is 0 Å². The highest BCUT2D eigenvalue weighted by molar-refractivity contribution is 6.73. The third-order valence-corrected chi connectivity index (χ3v) is 8.28. The molecule has 86 valence electrons. The molecule has 0 aliphatic carbocycles. The number of hydrogen-bond donors (Lipinski definition) is 0. The molecule has 0 aromatic rings. The highest BCUT2D eigenvalue weighted by atomic mass is 28.4. The molecule has 0 amide bonds. The van der Waals surface area contributed by atoms with Crippen LogP contribution in [0.2, 0.25) is 32.2 Å². The normalized spacial score (nSPS) is 13.7. The van der Waals surface area contributed by atoms with Crippen molar-refractivity contribution in [1.29, 1.82) is 0 Å². The topological polar surface area (TPSA) is 21.7 Å². The lowest BCUT2D eigenvalue weighted by molar-refractivity contribution is 0.246. The first kappa shape index (κ1) is 14.3. The van der Waals surface area contributed by atoms with E-state index in [4.69, 9.17) is 8.85 Å². The van der Waals surface area contributed by atoms with Gasteiger partial charge in [0.2, 0.25) is 0 Å². The second-order valence-corrected chi connectivity index (χ2v) is 13.6. The van der Waals surface area contributed by atoms with Gasteiger partial charge in [-0.1, -0.05) is 19.6 Å². The molecular formula is C9H25NO2Si2. The molecule has 0 heterocycles. The Morgan fingerprint density at radius 2 is 1.43 bits per heavy atom. The molecular weight excluding hydrogens is 210 g/mol. The van der Waals surface area contributed by atoms with Gasteiger partial charge in [-0.3, -0.25) is 0 Å². The van der Waals surface area contributed by atoms with Crippen LogP contribution in [0.15, 0.2) is 0 Å². The summed E-state index contributed by atoms with van der Waals surface area (Å²) in [6, 6.07) is 1.04. The van der Waals surface area contributed by atoms with E-state index >= 15 is 0 Å². The van der Waals surface area contributed by atoms with Crippen molar-refractivity contribution in [3.8, 4) is 0 Å². The molecule has 0 rings (SSSR count). The Bertz CT molecular complexity index is 167. The first-order chi connectivity index (χ1) is 6.25. The van der Waals surface area contributed by atoms with Crippen LogP contribution in [0, 0.1) is 0 Å². The molecule has 0 fully saturated rings. The summed E-state index contributed by atoms with van der Waals surface area (Å²) < 4.78 is 13.4. The van der Waals surface area contributed by atoms with Crippen LogP contribution in [-0.2, 0) is 8.85 Å². The summed E-state index contributed by atoms with van der Waals surface area (Å²) in [6.45, 7) is 10.3. The van der Waals surface area contributed by atoms with Crippen molar-refractivity contribution >= 4 is 16.8 Å². The second kappa shape index (κ2) is 5.41. The van der Waals surface area contributed by atoms with Crippen molar-refractivity contribution in [2.45, 2.75) is 32.2 Å². The quantitative estimate of drug-likeness (QED) is 0.658. The number of rotatable bonds is 6. The van der Waals surface area contributed by atoms with Crippen molar-refractivity contribution in [2.75, 3.05) is 27.8 Å². The lowest BCUT2D eigenvalue weighted by Gasteiger charge is -2.32. The molecule has 14 heavy (non-hydrogen) atoms. The SMILES string of the molecule is CO[Si](C)(CCN(C)[Si](C)(C)C)OC. The lowest BCUT2D eigenvalue weighted by atomic mass is 10.8. The minimum atomic E-state index is -1.86. The summed E-state index contributed by atoms with van der Waals surface area (Å²) in [6.07, 6.45) is 0. The fraction of sp³-hybridized carbons (Fsp3) is 1.00. The Balaban J connectivity index is 4.05. The summed E-state index contributed by atoms with van der Waals surface area (Å²) >= 11 is 0. The van der Waals surface area contributed by atoms with Crippen molar-refractivity contribution < 1.29 is 8.85 Å². The van der Waals surface area contributed by atoms with Gasteiger partial charge in [0, 0.05) is 20.3 Å². The van der Waals surface area contributed by atoms with Gasteiger partial charge in [0.1, 0.15) is 8.24 Å². The molecule has 0 aromatic carbocycles. The summed E-state index contributed by atoms with van der Waals surface area (Å²) in [4.78, 5) is 0. The largest absolute Gasteiger partial charge is 0.398 e. The molecule has 0 saturated heterocycles. The molecule has 0 aliphatic rings. The molecule has 0 aromatic heterocycles.